The second-order valence-corrected chi connectivity index (χ2v) is 5.52. The van der Waals surface area contributed by atoms with Crippen LogP contribution in [0.15, 0.2) is 42.5 Å². The van der Waals surface area contributed by atoms with Crippen LogP contribution < -0.4 is 10.1 Å². The Labute approximate surface area is 132 Å². The fourth-order valence-corrected chi connectivity index (χ4v) is 2.51. The highest BCUT2D eigenvalue weighted by atomic mass is 16.5. The minimum atomic E-state index is 0.0610. The Morgan fingerprint density at radius 3 is 2.59 bits per heavy atom. The van der Waals surface area contributed by atoms with Crippen molar-refractivity contribution in [1.29, 1.82) is 0 Å². The fourth-order valence-electron chi connectivity index (χ4n) is 2.51. The second kappa shape index (κ2) is 7.64. The molecule has 0 spiro atoms. The molecule has 116 valence electrons. The van der Waals surface area contributed by atoms with E-state index in [-0.39, 0.29) is 5.91 Å². The summed E-state index contributed by atoms with van der Waals surface area (Å²) in [6.07, 6.45) is 1.27. The predicted molar refractivity (Wildman–Crippen MR) is 89.1 cm³/mol. The lowest BCUT2D eigenvalue weighted by molar-refractivity contribution is -0.121. The van der Waals surface area contributed by atoms with Gasteiger partial charge < -0.3 is 10.1 Å². The zero-order chi connectivity index (χ0) is 15.9. The number of carbonyl (C=O) groups excluding carboxylic acids is 1. The molecule has 0 fully saturated rings. The zero-order valence-corrected chi connectivity index (χ0v) is 13.5. The van der Waals surface area contributed by atoms with Crippen LogP contribution in [-0.4, -0.2) is 13.0 Å². The highest BCUT2D eigenvalue weighted by molar-refractivity contribution is 5.76. The summed E-state index contributed by atoms with van der Waals surface area (Å²) in [5.41, 5.74) is 4.72. The summed E-state index contributed by atoms with van der Waals surface area (Å²) in [4.78, 5) is 12.0. The van der Waals surface area contributed by atoms with Crippen LogP contribution in [-0.2, 0) is 17.8 Å². The van der Waals surface area contributed by atoms with Crippen molar-refractivity contribution in [2.45, 2.75) is 33.2 Å². The normalized spacial score (nSPS) is 10.3. The Morgan fingerprint density at radius 2 is 1.86 bits per heavy atom. The van der Waals surface area contributed by atoms with E-state index in [1.54, 1.807) is 7.11 Å². The monoisotopic (exact) mass is 297 g/mol. The number of carbonyl (C=O) groups is 1. The van der Waals surface area contributed by atoms with Gasteiger partial charge in [0.1, 0.15) is 5.75 Å². The Morgan fingerprint density at radius 1 is 1.09 bits per heavy atom. The van der Waals surface area contributed by atoms with Gasteiger partial charge in [-0.15, -0.1) is 0 Å². The van der Waals surface area contributed by atoms with Gasteiger partial charge in [0, 0.05) is 18.5 Å². The third kappa shape index (κ3) is 4.35. The first-order valence-corrected chi connectivity index (χ1v) is 7.55. The van der Waals surface area contributed by atoms with Gasteiger partial charge in [-0.3, -0.25) is 4.79 Å². The molecule has 0 radical (unpaired) electrons. The van der Waals surface area contributed by atoms with Gasteiger partial charge in [0.15, 0.2) is 0 Å². The molecule has 22 heavy (non-hydrogen) atoms. The lowest BCUT2D eigenvalue weighted by Gasteiger charge is -2.10. The number of rotatable bonds is 6. The topological polar surface area (TPSA) is 38.3 Å². The number of ether oxygens (including phenoxy) is 1. The third-order valence-electron chi connectivity index (χ3n) is 3.79. The van der Waals surface area contributed by atoms with E-state index in [9.17, 15) is 4.79 Å². The molecule has 1 amide bonds. The Kier molecular flexibility index (Phi) is 5.59. The van der Waals surface area contributed by atoms with Crippen molar-refractivity contribution < 1.29 is 9.53 Å². The van der Waals surface area contributed by atoms with Crippen LogP contribution in [0.2, 0.25) is 0 Å². The van der Waals surface area contributed by atoms with E-state index in [4.69, 9.17) is 4.74 Å². The quantitative estimate of drug-likeness (QED) is 0.885. The van der Waals surface area contributed by atoms with Crippen LogP contribution >= 0.6 is 0 Å². The summed E-state index contributed by atoms with van der Waals surface area (Å²) in [6.45, 7) is 4.67. The molecule has 0 bridgehead atoms. The van der Waals surface area contributed by atoms with E-state index in [2.05, 4.69) is 37.4 Å². The van der Waals surface area contributed by atoms with E-state index in [1.807, 2.05) is 24.3 Å². The van der Waals surface area contributed by atoms with E-state index in [0.29, 0.717) is 13.0 Å². The molecule has 0 aliphatic carbocycles. The standard InChI is InChI=1S/C19H23NO2/c1-14-8-9-16(15(2)12-14)10-11-19(21)20-13-17-6-4-5-7-18(17)22-3/h4-9,12H,10-11,13H2,1-3H3,(H,20,21). The molecule has 3 heteroatoms. The summed E-state index contributed by atoms with van der Waals surface area (Å²) in [6, 6.07) is 14.1. The summed E-state index contributed by atoms with van der Waals surface area (Å²) in [5.74, 6) is 0.864. The summed E-state index contributed by atoms with van der Waals surface area (Å²) in [5, 5.41) is 2.96. The largest absolute Gasteiger partial charge is 0.496 e. The van der Waals surface area contributed by atoms with E-state index >= 15 is 0 Å². The van der Waals surface area contributed by atoms with Crippen LogP contribution in [0.4, 0.5) is 0 Å². The molecule has 1 N–H and O–H groups in total. The van der Waals surface area contributed by atoms with Crippen LogP contribution in [0.25, 0.3) is 0 Å². The number of aryl methyl sites for hydroxylation is 3. The highest BCUT2D eigenvalue weighted by Gasteiger charge is 2.06. The van der Waals surface area contributed by atoms with Gasteiger partial charge in [-0.1, -0.05) is 42.0 Å². The van der Waals surface area contributed by atoms with Gasteiger partial charge in [-0.05, 0) is 37.5 Å². The molecule has 0 saturated carbocycles. The third-order valence-corrected chi connectivity index (χ3v) is 3.79. The first-order chi connectivity index (χ1) is 10.6. The molecule has 0 aliphatic heterocycles. The second-order valence-electron chi connectivity index (χ2n) is 5.52. The van der Waals surface area contributed by atoms with E-state index in [0.717, 1.165) is 17.7 Å². The number of benzene rings is 2. The van der Waals surface area contributed by atoms with Crippen molar-refractivity contribution in [3.63, 3.8) is 0 Å². The number of methoxy groups -OCH3 is 1. The van der Waals surface area contributed by atoms with Gasteiger partial charge in [-0.2, -0.15) is 0 Å². The predicted octanol–water partition coefficient (Wildman–Crippen LogP) is 3.56. The minimum Gasteiger partial charge on any atom is -0.496 e. The molecule has 0 atom stereocenters. The average Bonchev–Trinajstić information content (AvgIpc) is 2.52. The van der Waals surface area contributed by atoms with Crippen molar-refractivity contribution in [2.75, 3.05) is 7.11 Å². The van der Waals surface area contributed by atoms with Crippen LogP contribution in [0, 0.1) is 13.8 Å². The smallest absolute Gasteiger partial charge is 0.220 e. The van der Waals surface area contributed by atoms with E-state index < -0.39 is 0 Å². The first-order valence-electron chi connectivity index (χ1n) is 7.55. The summed E-state index contributed by atoms with van der Waals surface area (Å²) >= 11 is 0. The zero-order valence-electron chi connectivity index (χ0n) is 13.5. The van der Waals surface area contributed by atoms with Gasteiger partial charge in [0.25, 0.3) is 0 Å². The molecular formula is C19H23NO2. The van der Waals surface area contributed by atoms with Crippen molar-refractivity contribution in [1.82, 2.24) is 5.32 Å². The number of hydrogen-bond acceptors (Lipinski definition) is 2. The minimum absolute atomic E-state index is 0.0610. The maximum Gasteiger partial charge on any atom is 0.220 e. The Balaban J connectivity index is 1.85. The van der Waals surface area contributed by atoms with Crippen LogP contribution in [0.3, 0.4) is 0 Å². The molecule has 0 unspecified atom stereocenters. The molecule has 0 saturated heterocycles. The Hall–Kier alpha value is -2.29. The fraction of sp³-hybridized carbons (Fsp3) is 0.316. The van der Waals surface area contributed by atoms with Crippen molar-refractivity contribution in [3.05, 3.63) is 64.7 Å². The lowest BCUT2D eigenvalue weighted by Crippen LogP contribution is -2.23. The molecule has 0 aliphatic rings. The number of hydrogen-bond donors (Lipinski definition) is 1. The van der Waals surface area contributed by atoms with Gasteiger partial charge in [0.2, 0.25) is 5.91 Å². The maximum atomic E-state index is 12.0. The van der Waals surface area contributed by atoms with Crippen molar-refractivity contribution in [2.24, 2.45) is 0 Å². The maximum absolute atomic E-state index is 12.0. The first kappa shape index (κ1) is 16.1. The van der Waals surface area contributed by atoms with E-state index in [1.165, 1.54) is 16.7 Å². The molecular weight excluding hydrogens is 274 g/mol. The average molecular weight is 297 g/mol. The molecule has 2 aromatic carbocycles. The highest BCUT2D eigenvalue weighted by Crippen LogP contribution is 2.17. The molecule has 0 aromatic heterocycles. The SMILES string of the molecule is COc1ccccc1CNC(=O)CCc1ccc(C)cc1C. The van der Waals surface area contributed by atoms with Crippen molar-refractivity contribution in [3.8, 4) is 5.75 Å². The molecule has 2 rings (SSSR count). The van der Waals surface area contributed by atoms with Gasteiger partial charge >= 0.3 is 0 Å². The molecule has 0 heterocycles. The summed E-state index contributed by atoms with van der Waals surface area (Å²) in [7, 11) is 1.64. The van der Waals surface area contributed by atoms with Gasteiger partial charge in [-0.25, -0.2) is 0 Å². The summed E-state index contributed by atoms with van der Waals surface area (Å²) < 4.78 is 5.28. The van der Waals surface area contributed by atoms with Gasteiger partial charge in [0.05, 0.1) is 7.11 Å². The number of amides is 1. The van der Waals surface area contributed by atoms with Crippen molar-refractivity contribution >= 4 is 5.91 Å². The Bertz CT molecular complexity index is 650. The number of para-hydroxylation sites is 1. The lowest BCUT2D eigenvalue weighted by atomic mass is 10.0. The molecule has 2 aromatic rings. The van der Waals surface area contributed by atoms with Crippen LogP contribution in [0.5, 0.6) is 5.75 Å². The van der Waals surface area contributed by atoms with Crippen LogP contribution in [0.1, 0.15) is 28.7 Å². The number of nitrogens with one attached hydrogen (secondary N) is 1. The molecule has 3 nitrogen and oxygen atoms in total.